The number of carbonyl (C=O) groups excluding carboxylic acids is 2. The second kappa shape index (κ2) is 10.8. The second-order valence-corrected chi connectivity index (χ2v) is 8.56. The molecule has 2 rings (SSSR count). The minimum atomic E-state index is -3.75. The maximum Gasteiger partial charge on any atom is 0.338 e. The molecule has 168 valence electrons. The molecule has 1 atom stereocenters. The molecule has 0 aliphatic carbocycles. The summed E-state index contributed by atoms with van der Waals surface area (Å²) < 4.78 is 36.5. The van der Waals surface area contributed by atoms with Crippen LogP contribution in [-0.2, 0) is 19.6 Å². The van der Waals surface area contributed by atoms with E-state index in [0.717, 1.165) is 10.6 Å². The predicted molar refractivity (Wildman–Crippen MR) is 120 cm³/mol. The van der Waals surface area contributed by atoms with E-state index in [4.69, 9.17) is 9.47 Å². The van der Waals surface area contributed by atoms with Gasteiger partial charge in [0.05, 0.1) is 30.7 Å². The Kier molecular flexibility index (Phi) is 8.44. The van der Waals surface area contributed by atoms with Crippen LogP contribution >= 0.6 is 0 Å². The van der Waals surface area contributed by atoms with E-state index in [-0.39, 0.29) is 13.0 Å². The molecule has 31 heavy (non-hydrogen) atoms. The van der Waals surface area contributed by atoms with Crippen molar-refractivity contribution in [1.29, 1.82) is 0 Å². The summed E-state index contributed by atoms with van der Waals surface area (Å²) in [5.41, 5.74) is 1.17. The minimum Gasteiger partial charge on any atom is -0.494 e. The molecule has 0 aromatic heterocycles. The Balaban J connectivity index is 2.25. The van der Waals surface area contributed by atoms with Crippen LogP contribution in [-0.4, -0.2) is 45.8 Å². The molecule has 0 bridgehead atoms. The molecule has 0 saturated carbocycles. The molecule has 0 radical (unpaired) electrons. The van der Waals surface area contributed by atoms with Crippen molar-refractivity contribution in [1.82, 2.24) is 0 Å². The van der Waals surface area contributed by atoms with E-state index >= 15 is 0 Å². The van der Waals surface area contributed by atoms with Crippen molar-refractivity contribution in [3.05, 3.63) is 54.1 Å². The van der Waals surface area contributed by atoms with Gasteiger partial charge in [-0.2, -0.15) is 0 Å². The molecule has 2 aromatic carbocycles. The molecule has 9 heteroatoms. The monoisotopic (exact) mass is 448 g/mol. The fraction of sp³-hybridized carbons (Fsp3) is 0.364. The van der Waals surface area contributed by atoms with E-state index in [1.165, 1.54) is 12.1 Å². The van der Waals surface area contributed by atoms with Crippen molar-refractivity contribution in [2.75, 3.05) is 29.1 Å². The number of amides is 1. The van der Waals surface area contributed by atoms with Crippen LogP contribution in [0.4, 0.5) is 11.4 Å². The number of nitrogens with zero attached hydrogens (tertiary/aromatic N) is 1. The summed E-state index contributed by atoms with van der Waals surface area (Å²) >= 11 is 0. The molecule has 2 aromatic rings. The van der Waals surface area contributed by atoms with Crippen LogP contribution in [0.15, 0.2) is 48.5 Å². The average Bonchev–Trinajstić information content (AvgIpc) is 2.72. The summed E-state index contributed by atoms with van der Waals surface area (Å²) in [6.45, 7) is 6.07. The molecule has 0 saturated heterocycles. The first kappa shape index (κ1) is 24.2. The first-order chi connectivity index (χ1) is 14.7. The highest BCUT2D eigenvalue weighted by Gasteiger charge is 2.31. The summed E-state index contributed by atoms with van der Waals surface area (Å²) in [7, 11) is -3.75. The molecule has 1 N–H and O–H groups in total. The van der Waals surface area contributed by atoms with Gasteiger partial charge in [-0.3, -0.25) is 9.10 Å². The van der Waals surface area contributed by atoms with Crippen LogP contribution in [0.25, 0.3) is 0 Å². The van der Waals surface area contributed by atoms with E-state index in [1.54, 1.807) is 50.2 Å². The first-order valence-corrected chi connectivity index (χ1v) is 11.9. The number of benzene rings is 2. The number of anilines is 2. The smallest absolute Gasteiger partial charge is 0.338 e. The summed E-state index contributed by atoms with van der Waals surface area (Å²) in [5, 5.41) is 2.72. The highest BCUT2D eigenvalue weighted by atomic mass is 32.2. The lowest BCUT2D eigenvalue weighted by Gasteiger charge is -2.30. The van der Waals surface area contributed by atoms with Gasteiger partial charge in [-0.25, -0.2) is 13.2 Å². The lowest BCUT2D eigenvalue weighted by atomic mass is 10.1. The maximum absolute atomic E-state index is 13.0. The number of nitrogens with one attached hydrogen (secondary N) is 1. The van der Waals surface area contributed by atoms with Gasteiger partial charge < -0.3 is 14.8 Å². The van der Waals surface area contributed by atoms with Gasteiger partial charge in [0.15, 0.2) is 0 Å². The van der Waals surface area contributed by atoms with Gasteiger partial charge in [-0.05, 0) is 68.8 Å². The number of hydrogen-bond donors (Lipinski definition) is 1. The van der Waals surface area contributed by atoms with Crippen LogP contribution in [0.1, 0.15) is 37.6 Å². The van der Waals surface area contributed by atoms with Gasteiger partial charge >= 0.3 is 5.97 Å². The third kappa shape index (κ3) is 6.45. The van der Waals surface area contributed by atoms with Crippen LogP contribution in [0, 0.1) is 0 Å². The number of sulfonamides is 1. The van der Waals surface area contributed by atoms with E-state index in [1.807, 2.05) is 6.92 Å². The largest absolute Gasteiger partial charge is 0.494 e. The summed E-state index contributed by atoms with van der Waals surface area (Å²) in [6, 6.07) is 11.8. The van der Waals surface area contributed by atoms with Gasteiger partial charge in [-0.1, -0.05) is 6.92 Å². The Bertz CT molecular complexity index is 988. The maximum atomic E-state index is 13.0. The van der Waals surface area contributed by atoms with Crippen molar-refractivity contribution >= 4 is 33.3 Å². The Morgan fingerprint density at radius 1 is 0.968 bits per heavy atom. The molecule has 1 unspecified atom stereocenters. The number of rotatable bonds is 10. The number of esters is 1. The van der Waals surface area contributed by atoms with Crippen molar-refractivity contribution in [3.8, 4) is 5.75 Å². The quantitative estimate of drug-likeness (QED) is 0.559. The number of ether oxygens (including phenoxy) is 2. The summed E-state index contributed by atoms with van der Waals surface area (Å²) in [4.78, 5) is 24.7. The second-order valence-electron chi connectivity index (χ2n) is 6.70. The normalized spacial score (nSPS) is 12.0. The zero-order chi connectivity index (χ0) is 23.0. The van der Waals surface area contributed by atoms with Crippen molar-refractivity contribution in [2.45, 2.75) is 33.2 Å². The summed E-state index contributed by atoms with van der Waals surface area (Å²) in [5.74, 6) is -0.324. The van der Waals surface area contributed by atoms with E-state index in [9.17, 15) is 18.0 Å². The SMILES string of the molecule is CCOC(=O)c1ccc(NC(=O)C(CC)N(c2ccc(OCC)cc2)S(C)(=O)=O)cc1. The third-order valence-corrected chi connectivity index (χ3v) is 5.58. The van der Waals surface area contributed by atoms with Gasteiger partial charge in [0.25, 0.3) is 0 Å². The lowest BCUT2D eigenvalue weighted by Crippen LogP contribution is -2.47. The van der Waals surface area contributed by atoms with Gasteiger partial charge in [0.2, 0.25) is 15.9 Å². The molecular weight excluding hydrogens is 420 g/mol. The standard InChI is InChI=1S/C22H28N2O6S/c1-5-20(21(25)23-17-10-8-16(9-11-17)22(26)30-7-3)24(31(4,27)28)18-12-14-19(15-13-18)29-6-2/h8-15,20H,5-7H2,1-4H3,(H,23,25). The highest BCUT2D eigenvalue weighted by molar-refractivity contribution is 7.92. The highest BCUT2D eigenvalue weighted by Crippen LogP contribution is 2.26. The third-order valence-electron chi connectivity index (χ3n) is 4.40. The van der Waals surface area contributed by atoms with E-state index in [2.05, 4.69) is 5.32 Å². The van der Waals surface area contributed by atoms with Crippen LogP contribution < -0.4 is 14.4 Å². The van der Waals surface area contributed by atoms with Crippen LogP contribution in [0.3, 0.4) is 0 Å². The number of carbonyl (C=O) groups is 2. The summed E-state index contributed by atoms with van der Waals surface area (Å²) in [6.07, 6.45) is 1.32. The zero-order valence-electron chi connectivity index (χ0n) is 18.1. The Labute approximate surface area is 183 Å². The zero-order valence-corrected chi connectivity index (χ0v) is 18.9. The first-order valence-electron chi connectivity index (χ1n) is 10.0. The molecule has 0 heterocycles. The van der Waals surface area contributed by atoms with Crippen molar-refractivity contribution < 1.29 is 27.5 Å². The molecule has 0 fully saturated rings. The topological polar surface area (TPSA) is 102 Å². The van der Waals surface area contributed by atoms with Crippen LogP contribution in [0.5, 0.6) is 5.75 Å². The van der Waals surface area contributed by atoms with Gasteiger partial charge in [0, 0.05) is 5.69 Å². The molecule has 0 aliphatic rings. The average molecular weight is 449 g/mol. The lowest BCUT2D eigenvalue weighted by molar-refractivity contribution is -0.117. The van der Waals surface area contributed by atoms with Crippen molar-refractivity contribution in [2.24, 2.45) is 0 Å². The van der Waals surface area contributed by atoms with Crippen molar-refractivity contribution in [3.63, 3.8) is 0 Å². The molecule has 1 amide bonds. The predicted octanol–water partition coefficient (Wildman–Crippen LogP) is 3.45. The minimum absolute atomic E-state index is 0.257. The number of hydrogen-bond acceptors (Lipinski definition) is 6. The molecular formula is C22H28N2O6S. The Morgan fingerprint density at radius 3 is 2.06 bits per heavy atom. The fourth-order valence-corrected chi connectivity index (χ4v) is 4.26. The Morgan fingerprint density at radius 2 is 1.58 bits per heavy atom. The van der Waals surface area contributed by atoms with Gasteiger partial charge in [0.1, 0.15) is 11.8 Å². The molecule has 0 spiro atoms. The fourth-order valence-electron chi connectivity index (χ4n) is 3.05. The van der Waals surface area contributed by atoms with E-state index in [0.29, 0.717) is 29.3 Å². The molecule has 0 aliphatic heterocycles. The Hall–Kier alpha value is -3.07. The van der Waals surface area contributed by atoms with Gasteiger partial charge in [-0.15, -0.1) is 0 Å². The van der Waals surface area contributed by atoms with Crippen LogP contribution in [0.2, 0.25) is 0 Å². The van der Waals surface area contributed by atoms with E-state index < -0.39 is 27.9 Å². The molecule has 8 nitrogen and oxygen atoms in total.